The molecule has 0 spiro atoms. The van der Waals surface area contributed by atoms with Crippen LogP contribution in [0.25, 0.3) is 0 Å². The molecule has 2 amide bonds. The van der Waals surface area contributed by atoms with E-state index < -0.39 is 17.7 Å². The van der Waals surface area contributed by atoms with Crippen LogP contribution in [0.1, 0.15) is 25.7 Å². The van der Waals surface area contributed by atoms with Crippen molar-refractivity contribution in [2.24, 2.45) is 0 Å². The van der Waals surface area contributed by atoms with E-state index in [9.17, 15) is 13.6 Å². The van der Waals surface area contributed by atoms with Crippen LogP contribution in [0.2, 0.25) is 0 Å². The number of aromatic nitrogens is 2. The summed E-state index contributed by atoms with van der Waals surface area (Å²) in [5.74, 6) is 0.433. The Labute approximate surface area is 174 Å². The van der Waals surface area contributed by atoms with Crippen LogP contribution in [-0.4, -0.2) is 60.4 Å². The number of piperazine rings is 1. The number of amides is 2. The van der Waals surface area contributed by atoms with Crippen molar-refractivity contribution in [1.29, 1.82) is 0 Å². The number of urea groups is 1. The van der Waals surface area contributed by atoms with Gasteiger partial charge in [-0.3, -0.25) is 0 Å². The molecule has 1 aromatic heterocycles. The van der Waals surface area contributed by atoms with Gasteiger partial charge in [-0.15, -0.1) is 10.2 Å². The molecule has 2 aliphatic rings. The third-order valence-corrected chi connectivity index (χ3v) is 5.63. The highest BCUT2D eigenvalue weighted by Crippen LogP contribution is 2.20. The maximum atomic E-state index is 13.7. The van der Waals surface area contributed by atoms with Crippen molar-refractivity contribution in [2.75, 3.05) is 54.4 Å². The zero-order valence-corrected chi connectivity index (χ0v) is 16.9. The van der Waals surface area contributed by atoms with Gasteiger partial charge in [0.2, 0.25) is 0 Å². The van der Waals surface area contributed by atoms with Gasteiger partial charge in [-0.2, -0.15) is 0 Å². The molecule has 0 atom stereocenters. The molecule has 2 fully saturated rings. The molecule has 2 aromatic rings. The molecule has 0 aliphatic carbocycles. The maximum absolute atomic E-state index is 13.7. The molecule has 9 heteroatoms. The molecular formula is C21H26F2N6O. The third kappa shape index (κ3) is 4.77. The second kappa shape index (κ2) is 9.23. The monoisotopic (exact) mass is 416 g/mol. The summed E-state index contributed by atoms with van der Waals surface area (Å²) in [5, 5.41) is 11.2. The standard InChI is InChI=1S/C21H26F2N6O/c22-16-5-6-17(23)18(15-16)24-21(30)29-13-11-28(12-14-29)20-8-7-19(25-26-20)27-9-3-1-2-4-10-27/h5-8,15H,1-4,9-14H2,(H,24,30). The minimum absolute atomic E-state index is 0.155. The quantitative estimate of drug-likeness (QED) is 0.830. The Bertz CT molecular complexity index is 862. The number of nitrogens with one attached hydrogen (secondary N) is 1. The minimum Gasteiger partial charge on any atom is -0.355 e. The van der Waals surface area contributed by atoms with Gasteiger partial charge in [0, 0.05) is 45.3 Å². The molecule has 160 valence electrons. The highest BCUT2D eigenvalue weighted by Gasteiger charge is 2.23. The summed E-state index contributed by atoms with van der Waals surface area (Å²) in [7, 11) is 0. The van der Waals surface area contributed by atoms with E-state index in [1.54, 1.807) is 4.90 Å². The van der Waals surface area contributed by atoms with Crippen molar-refractivity contribution in [2.45, 2.75) is 25.7 Å². The van der Waals surface area contributed by atoms with Gasteiger partial charge in [-0.05, 0) is 37.1 Å². The van der Waals surface area contributed by atoms with Gasteiger partial charge < -0.3 is 20.0 Å². The van der Waals surface area contributed by atoms with Gasteiger partial charge >= 0.3 is 6.03 Å². The van der Waals surface area contributed by atoms with Crippen LogP contribution in [0, 0.1) is 11.6 Å². The van der Waals surface area contributed by atoms with E-state index in [0.29, 0.717) is 26.2 Å². The summed E-state index contributed by atoms with van der Waals surface area (Å²) >= 11 is 0. The van der Waals surface area contributed by atoms with Crippen molar-refractivity contribution < 1.29 is 13.6 Å². The number of hydrogen-bond acceptors (Lipinski definition) is 5. The van der Waals surface area contributed by atoms with Crippen molar-refractivity contribution >= 4 is 23.4 Å². The van der Waals surface area contributed by atoms with Gasteiger partial charge in [0.15, 0.2) is 11.6 Å². The fourth-order valence-corrected chi connectivity index (χ4v) is 3.88. The van der Waals surface area contributed by atoms with Crippen LogP contribution in [-0.2, 0) is 0 Å². The molecule has 1 aromatic carbocycles. The normalized spacial score (nSPS) is 17.6. The van der Waals surface area contributed by atoms with Gasteiger partial charge in [0.05, 0.1) is 5.69 Å². The molecular weight excluding hydrogens is 390 g/mol. The number of carbonyl (C=O) groups is 1. The SMILES string of the molecule is O=C(Nc1cc(F)ccc1F)N1CCN(c2ccc(N3CCCCCC3)nn2)CC1. The minimum atomic E-state index is -0.664. The van der Waals surface area contributed by atoms with E-state index in [2.05, 4.69) is 25.3 Å². The fourth-order valence-electron chi connectivity index (χ4n) is 3.88. The molecule has 0 radical (unpaired) electrons. The van der Waals surface area contributed by atoms with Crippen LogP contribution in [0.15, 0.2) is 30.3 Å². The largest absolute Gasteiger partial charge is 0.355 e. The van der Waals surface area contributed by atoms with Crippen molar-refractivity contribution in [3.8, 4) is 0 Å². The number of rotatable bonds is 3. The summed E-state index contributed by atoms with van der Waals surface area (Å²) in [6.45, 7) is 4.14. The van der Waals surface area contributed by atoms with Crippen LogP contribution >= 0.6 is 0 Å². The third-order valence-electron chi connectivity index (χ3n) is 5.63. The Kier molecular flexibility index (Phi) is 6.25. The fraction of sp³-hybridized carbons (Fsp3) is 0.476. The first-order chi connectivity index (χ1) is 14.6. The summed E-state index contributed by atoms with van der Waals surface area (Å²) in [4.78, 5) is 18.3. The maximum Gasteiger partial charge on any atom is 0.322 e. The number of hydrogen-bond donors (Lipinski definition) is 1. The van der Waals surface area contributed by atoms with E-state index in [1.807, 2.05) is 12.1 Å². The van der Waals surface area contributed by atoms with Gasteiger partial charge in [0.1, 0.15) is 11.6 Å². The second-order valence-corrected chi connectivity index (χ2v) is 7.68. The lowest BCUT2D eigenvalue weighted by molar-refractivity contribution is 0.208. The van der Waals surface area contributed by atoms with E-state index in [0.717, 1.165) is 42.9 Å². The van der Waals surface area contributed by atoms with Crippen LogP contribution in [0.5, 0.6) is 0 Å². The summed E-state index contributed by atoms with van der Waals surface area (Å²) in [6.07, 6.45) is 4.91. The average molecular weight is 416 g/mol. The van der Waals surface area contributed by atoms with Crippen molar-refractivity contribution in [1.82, 2.24) is 15.1 Å². The Morgan fingerprint density at radius 1 is 0.800 bits per heavy atom. The highest BCUT2D eigenvalue weighted by molar-refractivity contribution is 5.89. The summed E-state index contributed by atoms with van der Waals surface area (Å²) in [6, 6.07) is 6.54. The smallest absolute Gasteiger partial charge is 0.322 e. The van der Waals surface area contributed by atoms with E-state index in [1.165, 1.54) is 25.7 Å². The molecule has 2 aliphatic heterocycles. The number of nitrogens with zero attached hydrogens (tertiary/aromatic N) is 5. The lowest BCUT2D eigenvalue weighted by Crippen LogP contribution is -2.50. The van der Waals surface area contributed by atoms with Crippen LogP contribution < -0.4 is 15.1 Å². The van der Waals surface area contributed by atoms with Crippen molar-refractivity contribution in [3.05, 3.63) is 42.0 Å². The zero-order chi connectivity index (χ0) is 20.9. The first-order valence-corrected chi connectivity index (χ1v) is 10.4. The Balaban J connectivity index is 1.31. The summed E-state index contributed by atoms with van der Waals surface area (Å²) < 4.78 is 27.0. The number of carbonyl (C=O) groups excluding carboxylic acids is 1. The first-order valence-electron chi connectivity index (χ1n) is 10.4. The topological polar surface area (TPSA) is 64.6 Å². The van der Waals surface area contributed by atoms with E-state index in [-0.39, 0.29) is 5.69 Å². The molecule has 1 N–H and O–H groups in total. The molecule has 30 heavy (non-hydrogen) atoms. The Hall–Kier alpha value is -2.97. The number of anilines is 3. The number of halogens is 2. The molecule has 2 saturated heterocycles. The summed E-state index contributed by atoms with van der Waals surface area (Å²) in [5.41, 5.74) is -0.155. The second-order valence-electron chi connectivity index (χ2n) is 7.68. The lowest BCUT2D eigenvalue weighted by Gasteiger charge is -2.35. The lowest BCUT2D eigenvalue weighted by atomic mass is 10.2. The average Bonchev–Trinajstić information content (AvgIpc) is 3.06. The predicted octanol–water partition coefficient (Wildman–Crippen LogP) is 3.49. The molecule has 7 nitrogen and oxygen atoms in total. The molecule has 0 unspecified atom stereocenters. The van der Waals surface area contributed by atoms with Gasteiger partial charge in [-0.25, -0.2) is 13.6 Å². The van der Waals surface area contributed by atoms with Crippen LogP contribution in [0.4, 0.5) is 30.9 Å². The first kappa shape index (κ1) is 20.3. The zero-order valence-electron chi connectivity index (χ0n) is 16.9. The Morgan fingerprint density at radius 2 is 1.40 bits per heavy atom. The van der Waals surface area contributed by atoms with Gasteiger partial charge in [-0.1, -0.05) is 12.8 Å². The molecule has 3 heterocycles. The molecule has 4 rings (SSSR count). The highest BCUT2D eigenvalue weighted by atomic mass is 19.1. The predicted molar refractivity (Wildman–Crippen MR) is 112 cm³/mol. The van der Waals surface area contributed by atoms with Gasteiger partial charge in [0.25, 0.3) is 0 Å². The van der Waals surface area contributed by atoms with Crippen molar-refractivity contribution in [3.63, 3.8) is 0 Å². The number of benzene rings is 1. The molecule has 0 bridgehead atoms. The molecule has 0 saturated carbocycles. The van der Waals surface area contributed by atoms with E-state index in [4.69, 9.17) is 0 Å². The van der Waals surface area contributed by atoms with Crippen LogP contribution in [0.3, 0.4) is 0 Å². The van der Waals surface area contributed by atoms with E-state index >= 15 is 0 Å². The Morgan fingerprint density at radius 3 is 2.00 bits per heavy atom.